The van der Waals surface area contributed by atoms with E-state index in [0.29, 0.717) is 23.9 Å². The predicted molar refractivity (Wildman–Crippen MR) is 106 cm³/mol. The molecule has 0 radical (unpaired) electrons. The van der Waals surface area contributed by atoms with Gasteiger partial charge in [-0.15, -0.1) is 11.3 Å². The smallest absolute Gasteiger partial charge is 0.264 e. The third-order valence-electron chi connectivity index (χ3n) is 6.06. The zero-order valence-electron chi connectivity index (χ0n) is 16.2. The molecule has 7 nitrogen and oxygen atoms in total. The van der Waals surface area contributed by atoms with Gasteiger partial charge in [-0.05, 0) is 30.7 Å². The van der Waals surface area contributed by atoms with Crippen LogP contribution in [-0.2, 0) is 14.3 Å². The van der Waals surface area contributed by atoms with Crippen LogP contribution < -0.4 is 5.32 Å². The van der Waals surface area contributed by atoms with Crippen molar-refractivity contribution in [3.63, 3.8) is 0 Å². The Kier molecular flexibility index (Phi) is 6.61. The summed E-state index contributed by atoms with van der Waals surface area (Å²) in [4.78, 5) is 30.6. The fourth-order valence-electron chi connectivity index (χ4n) is 4.51. The second kappa shape index (κ2) is 9.35. The second-order valence-electron chi connectivity index (χ2n) is 7.72. The van der Waals surface area contributed by atoms with Gasteiger partial charge in [0.25, 0.3) is 5.91 Å². The third-order valence-corrected chi connectivity index (χ3v) is 6.92. The van der Waals surface area contributed by atoms with E-state index in [1.165, 1.54) is 11.3 Å². The van der Waals surface area contributed by atoms with Crippen molar-refractivity contribution in [3.05, 3.63) is 22.4 Å². The molecular weight excluding hydrogens is 378 g/mol. The number of carbonyl (C=O) groups excluding carboxylic acids is 2. The van der Waals surface area contributed by atoms with E-state index in [-0.39, 0.29) is 23.9 Å². The molecule has 3 saturated heterocycles. The summed E-state index contributed by atoms with van der Waals surface area (Å²) in [7, 11) is 0. The number of likely N-dealkylation sites (tertiary alicyclic amines) is 1. The van der Waals surface area contributed by atoms with Gasteiger partial charge in [0.1, 0.15) is 6.04 Å². The Hall–Kier alpha value is -1.48. The average Bonchev–Trinajstić information content (AvgIpc) is 3.51. The van der Waals surface area contributed by atoms with Crippen molar-refractivity contribution < 1.29 is 19.1 Å². The molecule has 28 heavy (non-hydrogen) atoms. The highest BCUT2D eigenvalue weighted by atomic mass is 32.1. The number of hydrogen-bond donors (Lipinski definition) is 1. The maximum Gasteiger partial charge on any atom is 0.264 e. The Morgan fingerprint density at radius 3 is 2.75 bits per heavy atom. The van der Waals surface area contributed by atoms with Crippen LogP contribution in [0.1, 0.15) is 28.9 Å². The van der Waals surface area contributed by atoms with Gasteiger partial charge in [-0.1, -0.05) is 6.07 Å². The number of rotatable bonds is 6. The maximum atomic E-state index is 13.0. The Morgan fingerprint density at radius 1 is 1.18 bits per heavy atom. The standard InChI is InChI=1S/C20H29N3O4S/c24-19(16-3-1-6-23(16)20(25)18-4-2-12-28-18)21-13-17(15-5-9-27-14-15)22-7-10-26-11-8-22/h2,4,12,15-17H,1,3,5-11,13-14H2,(H,21,24)/t15?,16-,17?/m0/s1. The van der Waals surface area contributed by atoms with Gasteiger partial charge in [-0.3, -0.25) is 14.5 Å². The first-order valence-corrected chi connectivity index (χ1v) is 11.1. The number of amides is 2. The van der Waals surface area contributed by atoms with E-state index in [1.807, 2.05) is 17.5 Å². The topological polar surface area (TPSA) is 71.1 Å². The fraction of sp³-hybridized carbons (Fsp3) is 0.700. The van der Waals surface area contributed by atoms with E-state index in [0.717, 1.165) is 58.8 Å². The number of ether oxygens (including phenoxy) is 2. The molecule has 4 rings (SSSR count). The van der Waals surface area contributed by atoms with Crippen molar-refractivity contribution in [1.29, 1.82) is 0 Å². The van der Waals surface area contributed by atoms with Gasteiger partial charge in [-0.2, -0.15) is 0 Å². The highest BCUT2D eigenvalue weighted by Gasteiger charge is 2.36. The highest BCUT2D eigenvalue weighted by molar-refractivity contribution is 7.12. The van der Waals surface area contributed by atoms with Crippen molar-refractivity contribution in [2.24, 2.45) is 5.92 Å². The van der Waals surface area contributed by atoms with Crippen LogP contribution in [0.4, 0.5) is 0 Å². The van der Waals surface area contributed by atoms with Gasteiger partial charge >= 0.3 is 0 Å². The van der Waals surface area contributed by atoms with Gasteiger partial charge in [-0.25, -0.2) is 0 Å². The summed E-state index contributed by atoms with van der Waals surface area (Å²) < 4.78 is 11.1. The largest absolute Gasteiger partial charge is 0.381 e. The average molecular weight is 408 g/mol. The predicted octanol–water partition coefficient (Wildman–Crippen LogP) is 1.21. The lowest BCUT2D eigenvalue weighted by Crippen LogP contribution is -2.54. The number of thiophene rings is 1. The summed E-state index contributed by atoms with van der Waals surface area (Å²) in [5.41, 5.74) is 0. The zero-order valence-corrected chi connectivity index (χ0v) is 17.0. The Balaban J connectivity index is 1.37. The summed E-state index contributed by atoms with van der Waals surface area (Å²) in [6, 6.07) is 3.60. The molecule has 2 unspecified atom stereocenters. The molecule has 0 saturated carbocycles. The number of hydrogen-bond acceptors (Lipinski definition) is 6. The first-order valence-electron chi connectivity index (χ1n) is 10.3. The molecule has 0 aliphatic carbocycles. The molecule has 3 aliphatic heterocycles. The van der Waals surface area contributed by atoms with Crippen LogP contribution in [0.5, 0.6) is 0 Å². The molecule has 1 aromatic heterocycles. The number of morpholine rings is 1. The van der Waals surface area contributed by atoms with Gasteiger partial charge in [0.05, 0.1) is 24.7 Å². The number of carbonyl (C=O) groups is 2. The minimum atomic E-state index is -0.361. The summed E-state index contributed by atoms with van der Waals surface area (Å²) >= 11 is 1.43. The Labute approximate surface area is 170 Å². The van der Waals surface area contributed by atoms with Gasteiger partial charge in [0.2, 0.25) is 5.91 Å². The van der Waals surface area contributed by atoms with Crippen LogP contribution in [0.2, 0.25) is 0 Å². The number of nitrogens with one attached hydrogen (secondary N) is 1. The lowest BCUT2D eigenvalue weighted by Gasteiger charge is -2.37. The molecule has 3 atom stereocenters. The molecule has 3 aliphatic rings. The van der Waals surface area contributed by atoms with Crippen LogP contribution in [-0.4, -0.2) is 86.3 Å². The molecule has 0 spiro atoms. The summed E-state index contributed by atoms with van der Waals surface area (Å²) in [5, 5.41) is 5.06. The monoisotopic (exact) mass is 407 g/mol. The summed E-state index contributed by atoms with van der Waals surface area (Å²) in [5.74, 6) is 0.381. The van der Waals surface area contributed by atoms with Crippen molar-refractivity contribution in [2.75, 3.05) is 52.6 Å². The lowest BCUT2D eigenvalue weighted by atomic mass is 9.96. The first-order chi connectivity index (χ1) is 13.7. The fourth-order valence-corrected chi connectivity index (χ4v) is 5.19. The SMILES string of the molecule is O=C(NCC(C1CCOC1)N1CCOCC1)[C@@H]1CCCN1C(=O)c1cccs1. The molecule has 1 N–H and O–H groups in total. The normalized spacial score (nSPS) is 27.1. The zero-order chi connectivity index (χ0) is 19.3. The van der Waals surface area contributed by atoms with E-state index in [1.54, 1.807) is 4.90 Å². The molecule has 2 amide bonds. The maximum absolute atomic E-state index is 13.0. The molecule has 0 aromatic carbocycles. The summed E-state index contributed by atoms with van der Waals surface area (Å²) in [6.45, 7) is 6.07. The molecule has 0 bridgehead atoms. The van der Waals surface area contributed by atoms with Crippen molar-refractivity contribution in [1.82, 2.24) is 15.1 Å². The minimum Gasteiger partial charge on any atom is -0.381 e. The highest BCUT2D eigenvalue weighted by Crippen LogP contribution is 2.24. The van der Waals surface area contributed by atoms with E-state index in [2.05, 4.69) is 10.2 Å². The molecule has 8 heteroatoms. The van der Waals surface area contributed by atoms with E-state index >= 15 is 0 Å². The summed E-state index contributed by atoms with van der Waals surface area (Å²) in [6.07, 6.45) is 2.64. The molecule has 154 valence electrons. The van der Waals surface area contributed by atoms with E-state index in [4.69, 9.17) is 9.47 Å². The second-order valence-corrected chi connectivity index (χ2v) is 8.67. The van der Waals surface area contributed by atoms with Crippen LogP contribution in [0.15, 0.2) is 17.5 Å². The van der Waals surface area contributed by atoms with Gasteiger partial charge in [0.15, 0.2) is 0 Å². The molecule has 3 fully saturated rings. The first kappa shape index (κ1) is 19.8. The molecule has 4 heterocycles. The van der Waals surface area contributed by atoms with Crippen molar-refractivity contribution in [3.8, 4) is 0 Å². The Bertz CT molecular complexity index is 656. The third kappa shape index (κ3) is 4.40. The minimum absolute atomic E-state index is 0.0263. The van der Waals surface area contributed by atoms with Crippen LogP contribution in [0, 0.1) is 5.92 Å². The quantitative estimate of drug-likeness (QED) is 0.768. The van der Waals surface area contributed by atoms with Crippen molar-refractivity contribution >= 4 is 23.2 Å². The van der Waals surface area contributed by atoms with Gasteiger partial charge in [0, 0.05) is 44.7 Å². The van der Waals surface area contributed by atoms with Crippen molar-refractivity contribution in [2.45, 2.75) is 31.3 Å². The molecule has 1 aromatic rings. The van der Waals surface area contributed by atoms with E-state index < -0.39 is 0 Å². The Morgan fingerprint density at radius 2 is 2.04 bits per heavy atom. The van der Waals surface area contributed by atoms with E-state index in [9.17, 15) is 9.59 Å². The van der Waals surface area contributed by atoms with Crippen LogP contribution in [0.3, 0.4) is 0 Å². The van der Waals surface area contributed by atoms with Gasteiger partial charge < -0.3 is 19.7 Å². The lowest BCUT2D eigenvalue weighted by molar-refractivity contribution is -0.125. The number of nitrogens with zero attached hydrogens (tertiary/aromatic N) is 2. The molecular formula is C20H29N3O4S. The van der Waals surface area contributed by atoms with Crippen LogP contribution in [0.25, 0.3) is 0 Å². The van der Waals surface area contributed by atoms with Crippen LogP contribution >= 0.6 is 11.3 Å².